The van der Waals surface area contributed by atoms with Gasteiger partial charge in [-0.15, -0.1) is 0 Å². The molecule has 2 rings (SSSR count). The van der Waals surface area contributed by atoms with Crippen molar-refractivity contribution in [1.82, 2.24) is 10.6 Å². The van der Waals surface area contributed by atoms with Crippen molar-refractivity contribution in [2.75, 3.05) is 19.6 Å². The summed E-state index contributed by atoms with van der Waals surface area (Å²) >= 11 is 3.51. The van der Waals surface area contributed by atoms with E-state index in [4.69, 9.17) is 4.74 Å². The second-order valence-electron chi connectivity index (χ2n) is 5.55. The van der Waals surface area contributed by atoms with Gasteiger partial charge in [-0.25, -0.2) is 4.39 Å². The minimum Gasteiger partial charge on any atom is -0.489 e. The predicted octanol–water partition coefficient (Wildman–Crippen LogP) is 4.26. The number of hydrogen-bond acceptors (Lipinski definition) is 3. The molecule has 0 aliphatic rings. The molecule has 2 N–H and O–H groups in total. The Bertz CT molecular complexity index is 619. The molecule has 2 aromatic carbocycles. The molecule has 0 aliphatic carbocycles. The first-order valence-corrected chi connectivity index (χ1v) is 9.05. The van der Waals surface area contributed by atoms with E-state index < -0.39 is 0 Å². The van der Waals surface area contributed by atoms with E-state index in [-0.39, 0.29) is 5.82 Å². The van der Waals surface area contributed by atoms with Crippen LogP contribution in [0.4, 0.5) is 4.39 Å². The van der Waals surface area contributed by atoms with Gasteiger partial charge >= 0.3 is 0 Å². The van der Waals surface area contributed by atoms with Gasteiger partial charge in [0.15, 0.2) is 0 Å². The zero-order valence-electron chi connectivity index (χ0n) is 13.9. The molecular weight excluding hydrogens is 371 g/mol. The van der Waals surface area contributed by atoms with Crippen LogP contribution in [0.2, 0.25) is 0 Å². The minimum atomic E-state index is -0.232. The van der Waals surface area contributed by atoms with Crippen LogP contribution < -0.4 is 15.4 Å². The van der Waals surface area contributed by atoms with Gasteiger partial charge in [0.25, 0.3) is 0 Å². The Hall–Kier alpha value is -1.43. The molecule has 0 unspecified atom stereocenters. The minimum absolute atomic E-state index is 0.232. The summed E-state index contributed by atoms with van der Waals surface area (Å²) in [6.45, 7) is 6.28. The van der Waals surface area contributed by atoms with Crippen LogP contribution in [0.15, 0.2) is 46.9 Å². The Balaban J connectivity index is 1.88. The summed E-state index contributed by atoms with van der Waals surface area (Å²) in [4.78, 5) is 0. The summed E-state index contributed by atoms with van der Waals surface area (Å²) in [5, 5.41) is 6.75. The topological polar surface area (TPSA) is 33.3 Å². The summed E-state index contributed by atoms with van der Waals surface area (Å²) in [6.07, 6.45) is 1.09. The monoisotopic (exact) mass is 394 g/mol. The molecule has 0 fully saturated rings. The van der Waals surface area contributed by atoms with Crippen molar-refractivity contribution >= 4 is 15.9 Å². The van der Waals surface area contributed by atoms with Crippen LogP contribution in [0.25, 0.3) is 0 Å². The lowest BCUT2D eigenvalue weighted by atomic mass is 10.2. The van der Waals surface area contributed by atoms with Crippen molar-refractivity contribution in [1.29, 1.82) is 0 Å². The maximum Gasteiger partial charge on any atom is 0.124 e. The molecule has 0 bridgehead atoms. The zero-order chi connectivity index (χ0) is 17.2. The molecule has 0 saturated carbocycles. The van der Waals surface area contributed by atoms with E-state index in [2.05, 4.69) is 39.6 Å². The molecule has 0 atom stereocenters. The van der Waals surface area contributed by atoms with E-state index >= 15 is 0 Å². The van der Waals surface area contributed by atoms with Crippen LogP contribution >= 0.6 is 15.9 Å². The SMILES string of the molecule is CCNCCCNCc1cc(Br)ccc1OCc1ccc(F)cc1. The average molecular weight is 395 g/mol. The lowest BCUT2D eigenvalue weighted by Gasteiger charge is -2.13. The van der Waals surface area contributed by atoms with Gasteiger partial charge in [-0.05, 0) is 62.0 Å². The highest BCUT2D eigenvalue weighted by Gasteiger charge is 2.05. The molecule has 0 heterocycles. The van der Waals surface area contributed by atoms with Gasteiger partial charge in [0.05, 0.1) is 0 Å². The van der Waals surface area contributed by atoms with Crippen LogP contribution in [0.5, 0.6) is 5.75 Å². The number of nitrogens with one attached hydrogen (secondary N) is 2. The number of halogens is 2. The molecule has 2 aromatic rings. The third kappa shape index (κ3) is 6.59. The van der Waals surface area contributed by atoms with Crippen molar-refractivity contribution in [2.24, 2.45) is 0 Å². The summed E-state index contributed by atoms with van der Waals surface area (Å²) in [5.74, 6) is 0.617. The first-order valence-electron chi connectivity index (χ1n) is 8.26. The zero-order valence-corrected chi connectivity index (χ0v) is 15.5. The Morgan fingerprint density at radius 2 is 1.79 bits per heavy atom. The fourth-order valence-corrected chi connectivity index (χ4v) is 2.72. The molecule has 24 heavy (non-hydrogen) atoms. The van der Waals surface area contributed by atoms with Gasteiger partial charge in [-0.1, -0.05) is 35.0 Å². The maximum atomic E-state index is 13.0. The molecule has 0 spiro atoms. The maximum absolute atomic E-state index is 13.0. The molecule has 0 aromatic heterocycles. The molecule has 130 valence electrons. The van der Waals surface area contributed by atoms with Crippen LogP contribution in [0, 0.1) is 5.82 Å². The number of hydrogen-bond donors (Lipinski definition) is 2. The molecule has 5 heteroatoms. The number of ether oxygens (including phenoxy) is 1. The second kappa shape index (κ2) is 10.4. The van der Waals surface area contributed by atoms with Gasteiger partial charge in [-0.2, -0.15) is 0 Å². The van der Waals surface area contributed by atoms with Crippen molar-refractivity contribution in [3.05, 3.63) is 63.9 Å². The van der Waals surface area contributed by atoms with Crippen molar-refractivity contribution < 1.29 is 9.13 Å². The quantitative estimate of drug-likeness (QED) is 0.590. The smallest absolute Gasteiger partial charge is 0.124 e. The lowest BCUT2D eigenvalue weighted by molar-refractivity contribution is 0.302. The van der Waals surface area contributed by atoms with Crippen LogP contribution in [0.3, 0.4) is 0 Å². The standard InChI is InChI=1S/C19H24BrFN2O/c1-2-22-10-3-11-23-13-16-12-17(20)6-9-19(16)24-14-15-4-7-18(21)8-5-15/h4-9,12,22-23H,2-3,10-11,13-14H2,1H3. The highest BCUT2D eigenvalue weighted by molar-refractivity contribution is 9.10. The van der Waals surface area contributed by atoms with E-state index in [0.29, 0.717) is 6.61 Å². The summed E-state index contributed by atoms with van der Waals surface area (Å²) in [5.41, 5.74) is 2.05. The normalized spacial score (nSPS) is 10.8. The summed E-state index contributed by atoms with van der Waals surface area (Å²) < 4.78 is 19.9. The molecule has 0 amide bonds. The molecule has 0 aliphatic heterocycles. The first kappa shape index (κ1) is 18.9. The van der Waals surface area contributed by atoms with Gasteiger partial charge < -0.3 is 15.4 Å². The number of benzene rings is 2. The first-order chi connectivity index (χ1) is 11.7. The van der Waals surface area contributed by atoms with Gasteiger partial charge in [0, 0.05) is 16.6 Å². The van der Waals surface area contributed by atoms with E-state index in [1.54, 1.807) is 12.1 Å². The van der Waals surface area contributed by atoms with E-state index in [0.717, 1.165) is 53.9 Å². The van der Waals surface area contributed by atoms with E-state index in [9.17, 15) is 4.39 Å². The largest absolute Gasteiger partial charge is 0.489 e. The average Bonchev–Trinajstić information content (AvgIpc) is 2.58. The highest BCUT2D eigenvalue weighted by Crippen LogP contribution is 2.24. The Morgan fingerprint density at radius 1 is 1.04 bits per heavy atom. The van der Waals surface area contributed by atoms with Crippen LogP contribution in [-0.4, -0.2) is 19.6 Å². The summed E-state index contributed by atoms with van der Waals surface area (Å²) in [6, 6.07) is 12.4. The van der Waals surface area contributed by atoms with Gasteiger partial charge in [-0.3, -0.25) is 0 Å². The van der Waals surface area contributed by atoms with Gasteiger partial charge in [0.2, 0.25) is 0 Å². The Kier molecular flexibility index (Phi) is 8.22. The Morgan fingerprint density at radius 3 is 2.54 bits per heavy atom. The van der Waals surface area contributed by atoms with Crippen molar-refractivity contribution in [3.63, 3.8) is 0 Å². The molecule has 0 saturated heterocycles. The van der Waals surface area contributed by atoms with Crippen molar-refractivity contribution in [3.8, 4) is 5.75 Å². The molecule has 3 nitrogen and oxygen atoms in total. The third-order valence-electron chi connectivity index (χ3n) is 3.60. The van der Waals surface area contributed by atoms with E-state index in [1.807, 2.05) is 12.1 Å². The van der Waals surface area contributed by atoms with E-state index in [1.165, 1.54) is 12.1 Å². The third-order valence-corrected chi connectivity index (χ3v) is 4.10. The molecular formula is C19H24BrFN2O. The fraction of sp³-hybridized carbons (Fsp3) is 0.368. The lowest BCUT2D eigenvalue weighted by Crippen LogP contribution is -2.21. The summed E-state index contributed by atoms with van der Waals surface area (Å²) in [7, 11) is 0. The van der Waals surface area contributed by atoms with Crippen molar-refractivity contribution in [2.45, 2.75) is 26.5 Å². The van der Waals surface area contributed by atoms with Crippen LogP contribution in [0.1, 0.15) is 24.5 Å². The highest BCUT2D eigenvalue weighted by atomic mass is 79.9. The van der Waals surface area contributed by atoms with Crippen LogP contribution in [-0.2, 0) is 13.2 Å². The molecule has 0 radical (unpaired) electrons. The number of rotatable bonds is 10. The Labute approximate surface area is 151 Å². The fourth-order valence-electron chi connectivity index (χ4n) is 2.31. The predicted molar refractivity (Wildman–Crippen MR) is 99.7 cm³/mol. The van der Waals surface area contributed by atoms with Gasteiger partial charge in [0.1, 0.15) is 18.2 Å². The second-order valence-corrected chi connectivity index (χ2v) is 6.47.